The Morgan fingerprint density at radius 1 is 1.05 bits per heavy atom. The van der Waals surface area contributed by atoms with E-state index in [-0.39, 0.29) is 11.6 Å². The molecule has 2 amide bonds. The number of hydrogen-bond acceptors (Lipinski definition) is 8. The molecule has 0 fully saturated rings. The minimum Gasteiger partial charge on any atom is -0.494 e. The zero-order valence-electron chi connectivity index (χ0n) is 20.3. The second-order valence-electron chi connectivity index (χ2n) is 8.12. The van der Waals surface area contributed by atoms with Crippen LogP contribution in [-0.2, 0) is 11.3 Å². The highest BCUT2D eigenvalue weighted by molar-refractivity contribution is 7.10. The Morgan fingerprint density at radius 2 is 1.89 bits per heavy atom. The summed E-state index contributed by atoms with van der Waals surface area (Å²) in [6.45, 7) is 0.314. The molecule has 190 valence electrons. The van der Waals surface area contributed by atoms with E-state index in [2.05, 4.69) is 25.8 Å². The quantitative estimate of drug-likeness (QED) is 0.311. The van der Waals surface area contributed by atoms with Gasteiger partial charge in [-0.25, -0.2) is 0 Å². The fourth-order valence-electron chi connectivity index (χ4n) is 3.98. The summed E-state index contributed by atoms with van der Waals surface area (Å²) in [4.78, 5) is 34.2. The van der Waals surface area contributed by atoms with Crippen LogP contribution in [0.15, 0.2) is 96.8 Å². The Labute approximate surface area is 222 Å². The lowest BCUT2D eigenvalue weighted by Crippen LogP contribution is -2.43. The first-order valence-corrected chi connectivity index (χ1v) is 12.5. The summed E-state index contributed by atoms with van der Waals surface area (Å²) in [7, 11) is 1.52. The molecular weight excluding hydrogens is 502 g/mol. The summed E-state index contributed by atoms with van der Waals surface area (Å²) in [6.07, 6.45) is 2.99. The molecule has 10 nitrogen and oxygen atoms in total. The van der Waals surface area contributed by atoms with E-state index >= 15 is 0 Å². The van der Waals surface area contributed by atoms with Gasteiger partial charge in [0.1, 0.15) is 23.5 Å². The molecule has 0 bridgehead atoms. The largest absolute Gasteiger partial charge is 0.494 e. The van der Waals surface area contributed by atoms with Crippen LogP contribution in [0.3, 0.4) is 0 Å². The van der Waals surface area contributed by atoms with Crippen LogP contribution in [0.2, 0.25) is 0 Å². The molecule has 5 aromatic rings. The van der Waals surface area contributed by atoms with E-state index in [0.29, 0.717) is 28.5 Å². The highest BCUT2D eigenvalue weighted by Gasteiger charge is 2.35. The van der Waals surface area contributed by atoms with Crippen molar-refractivity contribution in [3.63, 3.8) is 0 Å². The SMILES string of the molecule is COc1cc(N(C(=O)c2ccccn2)C(C(=O)NCc2ccccc2)c2cccs2)ccc1-n1cnnn1. The number of benzene rings is 2. The van der Waals surface area contributed by atoms with E-state index in [0.717, 1.165) is 5.56 Å². The van der Waals surface area contributed by atoms with Crippen LogP contribution in [-0.4, -0.2) is 44.1 Å². The lowest BCUT2D eigenvalue weighted by atomic mass is 10.1. The number of hydrogen-bond donors (Lipinski definition) is 1. The van der Waals surface area contributed by atoms with Gasteiger partial charge in [0.05, 0.1) is 7.11 Å². The maximum atomic E-state index is 14.0. The minimum atomic E-state index is -0.961. The van der Waals surface area contributed by atoms with Crippen molar-refractivity contribution in [2.24, 2.45) is 0 Å². The molecular formula is C27H23N7O3S. The zero-order valence-corrected chi connectivity index (χ0v) is 21.2. The van der Waals surface area contributed by atoms with Crippen molar-refractivity contribution in [1.82, 2.24) is 30.5 Å². The molecule has 1 N–H and O–H groups in total. The van der Waals surface area contributed by atoms with Gasteiger partial charge in [-0.2, -0.15) is 4.68 Å². The monoisotopic (exact) mass is 525 g/mol. The summed E-state index contributed by atoms with van der Waals surface area (Å²) in [6, 6.07) is 22.5. The number of methoxy groups -OCH3 is 1. The van der Waals surface area contributed by atoms with Crippen molar-refractivity contribution in [2.75, 3.05) is 12.0 Å². The van der Waals surface area contributed by atoms with Gasteiger partial charge in [0.25, 0.3) is 5.91 Å². The van der Waals surface area contributed by atoms with E-state index in [4.69, 9.17) is 4.74 Å². The number of rotatable bonds is 9. The second kappa shape index (κ2) is 11.4. The van der Waals surface area contributed by atoms with Gasteiger partial charge >= 0.3 is 0 Å². The first-order valence-electron chi connectivity index (χ1n) is 11.7. The molecule has 2 aromatic carbocycles. The zero-order chi connectivity index (χ0) is 26.3. The van der Waals surface area contributed by atoms with Crippen LogP contribution < -0.4 is 15.0 Å². The van der Waals surface area contributed by atoms with Crippen LogP contribution >= 0.6 is 11.3 Å². The number of pyridine rings is 1. The molecule has 38 heavy (non-hydrogen) atoms. The third-order valence-electron chi connectivity index (χ3n) is 5.77. The molecule has 3 aromatic heterocycles. The fraction of sp³-hybridized carbons (Fsp3) is 0.111. The first-order chi connectivity index (χ1) is 18.7. The number of anilines is 1. The van der Waals surface area contributed by atoms with Gasteiger partial charge < -0.3 is 10.1 Å². The summed E-state index contributed by atoms with van der Waals surface area (Å²) in [5.74, 6) is -0.344. The summed E-state index contributed by atoms with van der Waals surface area (Å²) in [5, 5.41) is 16.2. The number of ether oxygens (including phenoxy) is 1. The molecule has 0 aliphatic rings. The lowest BCUT2D eigenvalue weighted by molar-refractivity contribution is -0.122. The highest BCUT2D eigenvalue weighted by atomic mass is 32.1. The van der Waals surface area contributed by atoms with Crippen molar-refractivity contribution in [1.29, 1.82) is 0 Å². The van der Waals surface area contributed by atoms with E-state index in [1.165, 1.54) is 34.4 Å². The predicted molar refractivity (Wildman–Crippen MR) is 142 cm³/mol. The Kier molecular flexibility index (Phi) is 7.46. The number of nitrogens with one attached hydrogen (secondary N) is 1. The average molecular weight is 526 g/mol. The van der Waals surface area contributed by atoms with Crippen molar-refractivity contribution >= 4 is 28.8 Å². The summed E-state index contributed by atoms with van der Waals surface area (Å²) in [5.41, 5.74) is 2.17. The Bertz CT molecular complexity index is 1490. The number of carbonyl (C=O) groups excluding carboxylic acids is 2. The van der Waals surface area contributed by atoms with Crippen LogP contribution in [0.5, 0.6) is 5.75 Å². The number of aromatic nitrogens is 5. The van der Waals surface area contributed by atoms with Crippen molar-refractivity contribution in [3.8, 4) is 11.4 Å². The Morgan fingerprint density at radius 3 is 2.58 bits per heavy atom. The van der Waals surface area contributed by atoms with Crippen LogP contribution in [0, 0.1) is 0 Å². The maximum Gasteiger partial charge on any atom is 0.277 e. The third-order valence-corrected chi connectivity index (χ3v) is 6.69. The normalized spacial score (nSPS) is 11.5. The number of nitrogens with zero attached hydrogens (tertiary/aromatic N) is 6. The lowest BCUT2D eigenvalue weighted by Gasteiger charge is -2.31. The number of tetrazole rings is 1. The molecule has 11 heteroatoms. The van der Waals surface area contributed by atoms with Crippen molar-refractivity contribution in [3.05, 3.63) is 113 Å². The molecule has 1 atom stereocenters. The van der Waals surface area contributed by atoms with Gasteiger partial charge in [-0.3, -0.25) is 19.5 Å². The van der Waals surface area contributed by atoms with Crippen LogP contribution in [0.1, 0.15) is 27.0 Å². The molecule has 0 aliphatic carbocycles. The molecule has 5 rings (SSSR count). The number of amides is 2. The predicted octanol–water partition coefficient (Wildman–Crippen LogP) is 3.83. The standard InChI is InChI=1S/C27H23N7O3S/c1-37-23-16-20(12-13-22(23)33-18-30-31-32-33)34(27(36)21-10-5-6-14-28-21)25(24-11-7-15-38-24)26(35)29-17-19-8-3-2-4-9-19/h2-16,18,25H,17H2,1H3,(H,29,35). The fourth-order valence-corrected chi connectivity index (χ4v) is 4.79. The third kappa shape index (κ3) is 5.27. The van der Waals surface area contributed by atoms with Gasteiger partial charge in [0.15, 0.2) is 6.04 Å². The maximum absolute atomic E-state index is 14.0. The highest BCUT2D eigenvalue weighted by Crippen LogP contribution is 2.35. The molecule has 3 heterocycles. The van der Waals surface area contributed by atoms with E-state index in [1.54, 1.807) is 42.6 Å². The van der Waals surface area contributed by atoms with E-state index in [1.807, 2.05) is 47.8 Å². The van der Waals surface area contributed by atoms with E-state index in [9.17, 15) is 9.59 Å². The van der Waals surface area contributed by atoms with E-state index < -0.39 is 11.9 Å². The van der Waals surface area contributed by atoms with Gasteiger partial charge in [-0.1, -0.05) is 42.5 Å². The van der Waals surface area contributed by atoms with Crippen molar-refractivity contribution < 1.29 is 14.3 Å². The Balaban J connectivity index is 1.59. The molecule has 0 saturated heterocycles. The molecule has 1 unspecified atom stereocenters. The van der Waals surface area contributed by atoms with Gasteiger partial charge in [-0.15, -0.1) is 16.4 Å². The minimum absolute atomic E-state index is 0.202. The number of thiophene rings is 1. The molecule has 0 spiro atoms. The molecule has 0 radical (unpaired) electrons. The van der Waals surface area contributed by atoms with Crippen LogP contribution in [0.25, 0.3) is 5.69 Å². The molecule has 0 saturated carbocycles. The smallest absolute Gasteiger partial charge is 0.277 e. The topological polar surface area (TPSA) is 115 Å². The first kappa shape index (κ1) is 24.8. The number of carbonyl (C=O) groups is 2. The van der Waals surface area contributed by atoms with Crippen molar-refractivity contribution in [2.45, 2.75) is 12.6 Å². The van der Waals surface area contributed by atoms with Gasteiger partial charge in [0, 0.05) is 29.4 Å². The molecule has 0 aliphatic heterocycles. The second-order valence-corrected chi connectivity index (χ2v) is 9.10. The summed E-state index contributed by atoms with van der Waals surface area (Å²) >= 11 is 1.39. The summed E-state index contributed by atoms with van der Waals surface area (Å²) < 4.78 is 7.07. The average Bonchev–Trinajstić information content (AvgIpc) is 3.70. The van der Waals surface area contributed by atoms with Gasteiger partial charge in [0.2, 0.25) is 5.91 Å². The van der Waals surface area contributed by atoms with Crippen LogP contribution in [0.4, 0.5) is 5.69 Å². The Hall–Kier alpha value is -4.90. The van der Waals surface area contributed by atoms with Gasteiger partial charge in [-0.05, 0) is 51.7 Å².